The van der Waals surface area contributed by atoms with E-state index in [2.05, 4.69) is 10.5 Å². The monoisotopic (exact) mass is 331 g/mol. The highest BCUT2D eigenvalue weighted by atomic mass is 32.1. The summed E-state index contributed by atoms with van der Waals surface area (Å²) in [6.45, 7) is 3.06. The smallest absolute Gasteiger partial charge is 0.267 e. The zero-order chi connectivity index (χ0) is 16.8. The van der Waals surface area contributed by atoms with Crippen LogP contribution >= 0.6 is 11.3 Å². The molecule has 2 rings (SSSR count). The minimum atomic E-state index is -0.805. The number of hydrogen-bond acceptors (Lipinski definition) is 5. The van der Waals surface area contributed by atoms with Crippen LogP contribution < -0.4 is 11.1 Å². The van der Waals surface area contributed by atoms with Gasteiger partial charge in [0.2, 0.25) is 6.10 Å². The predicted molar refractivity (Wildman–Crippen MR) is 90.7 cm³/mol. The molecule has 6 nitrogen and oxygen atoms in total. The Morgan fingerprint density at radius 2 is 1.96 bits per heavy atom. The molecule has 0 aliphatic heterocycles. The van der Waals surface area contributed by atoms with Gasteiger partial charge in [-0.2, -0.15) is 0 Å². The Labute approximate surface area is 137 Å². The van der Waals surface area contributed by atoms with E-state index in [1.54, 1.807) is 31.2 Å². The Morgan fingerprint density at radius 1 is 1.26 bits per heavy atom. The van der Waals surface area contributed by atoms with Gasteiger partial charge in [0.15, 0.2) is 11.6 Å². The molecule has 0 spiro atoms. The molecule has 1 heterocycles. The van der Waals surface area contributed by atoms with Crippen molar-refractivity contribution in [3.05, 3.63) is 52.2 Å². The van der Waals surface area contributed by atoms with Gasteiger partial charge >= 0.3 is 0 Å². The van der Waals surface area contributed by atoms with E-state index in [-0.39, 0.29) is 17.5 Å². The highest BCUT2D eigenvalue weighted by Crippen LogP contribution is 2.11. The number of nitrogens with zero attached hydrogens (tertiary/aromatic N) is 1. The number of thiophene rings is 1. The zero-order valence-electron chi connectivity index (χ0n) is 12.8. The molecule has 0 saturated heterocycles. The number of oxime groups is 1. The minimum Gasteiger partial charge on any atom is -0.381 e. The van der Waals surface area contributed by atoms with Gasteiger partial charge in [0.25, 0.3) is 5.91 Å². The number of carbonyl (C=O) groups excluding carboxylic acids is 2. The van der Waals surface area contributed by atoms with E-state index in [4.69, 9.17) is 10.6 Å². The molecule has 2 aromatic rings. The van der Waals surface area contributed by atoms with Crippen molar-refractivity contribution < 1.29 is 14.4 Å². The van der Waals surface area contributed by atoms with Gasteiger partial charge in [-0.1, -0.05) is 11.2 Å². The molecule has 23 heavy (non-hydrogen) atoms. The van der Waals surface area contributed by atoms with Crippen LogP contribution in [-0.4, -0.2) is 23.6 Å². The average molecular weight is 331 g/mol. The molecule has 0 fully saturated rings. The molecule has 120 valence electrons. The third-order valence-electron chi connectivity index (χ3n) is 3.01. The van der Waals surface area contributed by atoms with E-state index >= 15 is 0 Å². The molecule has 1 aromatic heterocycles. The lowest BCUT2D eigenvalue weighted by atomic mass is 10.1. The van der Waals surface area contributed by atoms with Gasteiger partial charge in [-0.05, 0) is 49.6 Å². The van der Waals surface area contributed by atoms with Crippen LogP contribution in [0.2, 0.25) is 0 Å². The van der Waals surface area contributed by atoms with Crippen LogP contribution in [0.15, 0.2) is 46.9 Å². The maximum absolute atomic E-state index is 12.0. The van der Waals surface area contributed by atoms with Crippen molar-refractivity contribution in [1.29, 1.82) is 0 Å². The fraction of sp³-hybridized carbons (Fsp3) is 0.188. The Bertz CT molecular complexity index is 709. The first kappa shape index (κ1) is 16.7. The standard InChI is InChI=1S/C16H17N3O3S/c1-10(20)12-5-7-13(8-6-12)18-16(21)11(2)22-19-15(17)14-4-3-9-23-14/h3-9,11H,1-2H3,(H2,17,19)(H,18,21). The van der Waals surface area contributed by atoms with E-state index in [1.165, 1.54) is 18.3 Å². The van der Waals surface area contributed by atoms with E-state index in [0.29, 0.717) is 11.3 Å². The van der Waals surface area contributed by atoms with E-state index in [1.807, 2.05) is 17.5 Å². The van der Waals surface area contributed by atoms with Crippen molar-refractivity contribution in [1.82, 2.24) is 0 Å². The van der Waals surface area contributed by atoms with Crippen LogP contribution in [0.1, 0.15) is 29.1 Å². The Morgan fingerprint density at radius 3 is 2.52 bits per heavy atom. The second-order valence-electron chi connectivity index (χ2n) is 4.82. The normalized spacial score (nSPS) is 12.5. The summed E-state index contributed by atoms with van der Waals surface area (Å²) in [6.07, 6.45) is -0.805. The molecule has 0 aliphatic rings. The van der Waals surface area contributed by atoms with Crippen LogP contribution in [-0.2, 0) is 9.63 Å². The van der Waals surface area contributed by atoms with Gasteiger partial charge in [-0.25, -0.2) is 0 Å². The molecule has 1 unspecified atom stereocenters. The van der Waals surface area contributed by atoms with Gasteiger partial charge < -0.3 is 15.9 Å². The number of anilines is 1. The van der Waals surface area contributed by atoms with Gasteiger partial charge in [0, 0.05) is 11.3 Å². The molecule has 3 N–H and O–H groups in total. The number of Topliss-reactive ketones (excluding diaryl/α,β-unsaturated/α-hetero) is 1. The molecule has 1 atom stereocenters. The minimum absolute atomic E-state index is 0.0297. The lowest BCUT2D eigenvalue weighted by Gasteiger charge is -2.11. The third kappa shape index (κ3) is 4.65. The summed E-state index contributed by atoms with van der Waals surface area (Å²) in [4.78, 5) is 29.1. The van der Waals surface area contributed by atoms with Crippen molar-refractivity contribution in [2.75, 3.05) is 5.32 Å². The van der Waals surface area contributed by atoms with Gasteiger partial charge in [0.05, 0.1) is 4.88 Å². The van der Waals surface area contributed by atoms with Crippen LogP contribution in [0.25, 0.3) is 0 Å². The Balaban J connectivity index is 1.92. The molecule has 1 amide bonds. The Hall–Kier alpha value is -2.67. The molecular formula is C16H17N3O3S. The first-order chi connectivity index (χ1) is 11.0. The van der Waals surface area contributed by atoms with Crippen molar-refractivity contribution in [2.24, 2.45) is 10.9 Å². The summed E-state index contributed by atoms with van der Waals surface area (Å²) < 4.78 is 0. The first-order valence-corrected chi connectivity index (χ1v) is 7.80. The number of ketones is 1. The lowest BCUT2D eigenvalue weighted by molar-refractivity contribution is -0.126. The highest BCUT2D eigenvalue weighted by Gasteiger charge is 2.15. The van der Waals surface area contributed by atoms with E-state index < -0.39 is 6.10 Å². The fourth-order valence-electron chi connectivity index (χ4n) is 1.69. The maximum Gasteiger partial charge on any atom is 0.267 e. The fourth-order valence-corrected chi connectivity index (χ4v) is 2.30. The van der Waals surface area contributed by atoms with E-state index in [9.17, 15) is 9.59 Å². The molecule has 0 radical (unpaired) electrons. The average Bonchev–Trinajstić information content (AvgIpc) is 3.07. The van der Waals surface area contributed by atoms with Gasteiger partial charge in [-0.3, -0.25) is 9.59 Å². The largest absolute Gasteiger partial charge is 0.381 e. The maximum atomic E-state index is 12.0. The molecule has 7 heteroatoms. The van der Waals surface area contributed by atoms with E-state index in [0.717, 1.165) is 4.88 Å². The lowest BCUT2D eigenvalue weighted by Crippen LogP contribution is -2.27. The number of amides is 1. The third-order valence-corrected chi connectivity index (χ3v) is 3.90. The topological polar surface area (TPSA) is 93.8 Å². The number of carbonyl (C=O) groups is 2. The summed E-state index contributed by atoms with van der Waals surface area (Å²) in [5.41, 5.74) is 6.92. The number of nitrogens with one attached hydrogen (secondary N) is 1. The quantitative estimate of drug-likeness (QED) is 0.368. The van der Waals surface area contributed by atoms with Crippen LogP contribution in [0.5, 0.6) is 0 Å². The summed E-state index contributed by atoms with van der Waals surface area (Å²) in [5, 5.41) is 8.32. The Kier molecular flexibility index (Phi) is 5.48. The van der Waals surface area contributed by atoms with Crippen molar-refractivity contribution in [3.8, 4) is 0 Å². The van der Waals surface area contributed by atoms with Gasteiger partial charge in [0.1, 0.15) is 0 Å². The molecule has 0 aliphatic carbocycles. The van der Waals surface area contributed by atoms with Crippen molar-refractivity contribution in [2.45, 2.75) is 20.0 Å². The second-order valence-corrected chi connectivity index (χ2v) is 5.77. The second kappa shape index (κ2) is 7.55. The van der Waals surface area contributed by atoms with Gasteiger partial charge in [-0.15, -0.1) is 11.3 Å². The summed E-state index contributed by atoms with van der Waals surface area (Å²) in [5.74, 6) is -0.160. The molecule has 0 saturated carbocycles. The summed E-state index contributed by atoms with van der Waals surface area (Å²) >= 11 is 1.43. The number of rotatable bonds is 6. The summed E-state index contributed by atoms with van der Waals surface area (Å²) in [6, 6.07) is 10.3. The molecule has 0 bridgehead atoms. The number of hydrogen-bond donors (Lipinski definition) is 2. The highest BCUT2D eigenvalue weighted by molar-refractivity contribution is 7.12. The van der Waals surface area contributed by atoms with Crippen LogP contribution in [0, 0.1) is 0 Å². The zero-order valence-corrected chi connectivity index (χ0v) is 13.6. The molecule has 1 aromatic carbocycles. The van der Waals surface area contributed by atoms with Crippen LogP contribution in [0.3, 0.4) is 0 Å². The number of nitrogens with two attached hydrogens (primary N) is 1. The predicted octanol–water partition coefficient (Wildman–Crippen LogP) is 2.61. The summed E-state index contributed by atoms with van der Waals surface area (Å²) in [7, 11) is 0. The molecular weight excluding hydrogens is 314 g/mol. The number of amidine groups is 1. The first-order valence-electron chi connectivity index (χ1n) is 6.92. The van der Waals surface area contributed by atoms with Crippen molar-refractivity contribution in [3.63, 3.8) is 0 Å². The van der Waals surface area contributed by atoms with Crippen molar-refractivity contribution >= 4 is 34.6 Å². The number of benzene rings is 1. The van der Waals surface area contributed by atoms with Crippen LogP contribution in [0.4, 0.5) is 5.69 Å². The SMILES string of the molecule is CC(=O)c1ccc(NC(=O)C(C)O/N=C(/N)c2cccs2)cc1.